The molecule has 0 spiro atoms. The van der Waals surface area contributed by atoms with E-state index in [0.29, 0.717) is 16.9 Å². The Kier molecular flexibility index (Phi) is 8.47. The molecule has 0 bridgehead atoms. The van der Waals surface area contributed by atoms with Crippen molar-refractivity contribution in [2.75, 3.05) is 13.7 Å². The van der Waals surface area contributed by atoms with Gasteiger partial charge in [0.25, 0.3) is 11.8 Å². The van der Waals surface area contributed by atoms with Crippen molar-refractivity contribution in [2.45, 2.75) is 0 Å². The van der Waals surface area contributed by atoms with E-state index in [4.69, 9.17) is 9.47 Å². The van der Waals surface area contributed by atoms with Gasteiger partial charge in [-0.1, -0.05) is 22.0 Å². The summed E-state index contributed by atoms with van der Waals surface area (Å²) in [5.74, 6) is -1.57. The minimum absolute atomic E-state index is 0.220. The summed E-state index contributed by atoms with van der Waals surface area (Å²) in [6, 6.07) is 16.5. The van der Waals surface area contributed by atoms with Gasteiger partial charge in [0.2, 0.25) is 0 Å². The number of nitrogens with one attached hydrogen (secondary N) is 2. The molecule has 34 heavy (non-hydrogen) atoms. The Balaban J connectivity index is 1.54. The summed E-state index contributed by atoms with van der Waals surface area (Å²) in [5.41, 5.74) is 3.45. The van der Waals surface area contributed by atoms with Crippen LogP contribution in [0.2, 0.25) is 0 Å². The van der Waals surface area contributed by atoms with Gasteiger partial charge in [0, 0.05) is 10.0 Å². The van der Waals surface area contributed by atoms with E-state index < -0.39 is 23.6 Å². The molecule has 3 rings (SSSR count). The molecule has 8 nitrogen and oxygen atoms in total. The van der Waals surface area contributed by atoms with Gasteiger partial charge in [0.15, 0.2) is 11.5 Å². The van der Waals surface area contributed by atoms with Crippen LogP contribution in [0.3, 0.4) is 0 Å². The predicted molar refractivity (Wildman–Crippen MR) is 127 cm³/mol. The third kappa shape index (κ3) is 6.97. The Labute approximate surface area is 202 Å². The first-order chi connectivity index (χ1) is 16.4. The number of carbonyl (C=O) groups is 3. The molecule has 3 aromatic carbocycles. The molecule has 0 fully saturated rings. The summed E-state index contributed by atoms with van der Waals surface area (Å²) < 4.78 is 24.4. The maximum atomic E-state index is 12.9. The fraction of sp³-hybridized carbons (Fsp3) is 0.0833. The molecule has 3 aromatic rings. The van der Waals surface area contributed by atoms with Crippen LogP contribution in [0.5, 0.6) is 11.5 Å². The molecule has 0 radical (unpaired) electrons. The Morgan fingerprint density at radius 3 is 2.47 bits per heavy atom. The van der Waals surface area contributed by atoms with Gasteiger partial charge in [0.05, 0.1) is 25.4 Å². The highest BCUT2D eigenvalue weighted by Gasteiger charge is 2.13. The molecular weight excluding hydrogens is 509 g/mol. The van der Waals surface area contributed by atoms with Gasteiger partial charge >= 0.3 is 5.97 Å². The molecule has 0 heterocycles. The average molecular weight is 528 g/mol. The molecule has 2 N–H and O–H groups in total. The molecule has 0 saturated heterocycles. The third-order valence-electron chi connectivity index (χ3n) is 4.37. The number of esters is 1. The van der Waals surface area contributed by atoms with Crippen molar-refractivity contribution in [1.82, 2.24) is 10.7 Å². The maximum absolute atomic E-state index is 12.9. The lowest BCUT2D eigenvalue weighted by Crippen LogP contribution is -2.34. The number of benzene rings is 3. The van der Waals surface area contributed by atoms with Gasteiger partial charge in [-0.25, -0.2) is 14.6 Å². The molecule has 0 aliphatic rings. The molecule has 0 saturated carbocycles. The first-order valence-electron chi connectivity index (χ1n) is 9.87. The van der Waals surface area contributed by atoms with E-state index in [-0.39, 0.29) is 17.9 Å². The largest absolute Gasteiger partial charge is 0.493 e. The van der Waals surface area contributed by atoms with Gasteiger partial charge in [-0.05, 0) is 66.2 Å². The molecule has 174 valence electrons. The number of methoxy groups -OCH3 is 1. The highest BCUT2D eigenvalue weighted by atomic mass is 79.9. The van der Waals surface area contributed by atoms with Crippen molar-refractivity contribution in [1.29, 1.82) is 0 Å². The SMILES string of the molecule is COc1cc(/C=N\NC(=O)CNC(=O)c2ccc(F)cc2)ccc1OC(=O)c1cccc(Br)c1. The Hall–Kier alpha value is -4.05. The van der Waals surface area contributed by atoms with Crippen LogP contribution in [0.1, 0.15) is 26.3 Å². The van der Waals surface area contributed by atoms with Crippen molar-refractivity contribution < 1.29 is 28.2 Å². The zero-order valence-electron chi connectivity index (χ0n) is 17.9. The lowest BCUT2D eigenvalue weighted by Gasteiger charge is -2.10. The second kappa shape index (κ2) is 11.7. The first kappa shape index (κ1) is 24.6. The van der Waals surface area contributed by atoms with E-state index in [0.717, 1.165) is 16.6 Å². The van der Waals surface area contributed by atoms with E-state index in [9.17, 15) is 18.8 Å². The minimum atomic E-state index is -0.557. The lowest BCUT2D eigenvalue weighted by atomic mass is 10.2. The Morgan fingerprint density at radius 2 is 1.76 bits per heavy atom. The number of hydrogen-bond donors (Lipinski definition) is 2. The molecule has 0 aromatic heterocycles. The van der Waals surface area contributed by atoms with E-state index in [1.165, 1.54) is 25.5 Å². The molecular formula is C24H19BrFN3O5. The Bertz CT molecular complexity index is 1230. The zero-order chi connectivity index (χ0) is 24.5. The maximum Gasteiger partial charge on any atom is 0.343 e. The van der Waals surface area contributed by atoms with Crippen molar-refractivity contribution in [3.05, 3.63) is 93.7 Å². The second-order valence-corrected chi connectivity index (χ2v) is 7.71. The molecule has 0 atom stereocenters. The molecule has 0 unspecified atom stereocenters. The lowest BCUT2D eigenvalue weighted by molar-refractivity contribution is -0.120. The second-order valence-electron chi connectivity index (χ2n) is 6.79. The number of halogens is 2. The average Bonchev–Trinajstić information content (AvgIpc) is 2.83. The molecule has 0 aliphatic heterocycles. The van der Waals surface area contributed by atoms with Crippen LogP contribution in [-0.2, 0) is 4.79 Å². The quantitative estimate of drug-likeness (QED) is 0.201. The molecule has 2 amide bonds. The fourth-order valence-electron chi connectivity index (χ4n) is 2.71. The summed E-state index contributed by atoms with van der Waals surface area (Å²) in [5, 5.41) is 6.24. The standard InChI is InChI=1S/C24H19BrFN3O5/c1-33-21-11-15(5-10-20(21)34-24(32)17-3-2-4-18(25)12-17)13-28-29-22(30)14-27-23(31)16-6-8-19(26)9-7-16/h2-13H,14H2,1H3,(H,27,31)(H,29,30)/b28-13-. The highest BCUT2D eigenvalue weighted by molar-refractivity contribution is 9.10. The Morgan fingerprint density at radius 1 is 1.00 bits per heavy atom. The third-order valence-corrected chi connectivity index (χ3v) is 4.86. The normalized spacial score (nSPS) is 10.6. The van der Waals surface area contributed by atoms with E-state index in [1.54, 1.807) is 42.5 Å². The van der Waals surface area contributed by atoms with Crippen molar-refractivity contribution in [2.24, 2.45) is 5.10 Å². The number of ether oxygens (including phenoxy) is 2. The summed E-state index contributed by atoms with van der Waals surface area (Å²) in [4.78, 5) is 36.2. The van der Waals surface area contributed by atoms with Crippen LogP contribution in [-0.4, -0.2) is 37.7 Å². The highest BCUT2D eigenvalue weighted by Crippen LogP contribution is 2.28. The van der Waals surface area contributed by atoms with Crippen LogP contribution in [0, 0.1) is 5.82 Å². The zero-order valence-corrected chi connectivity index (χ0v) is 19.5. The van der Waals surface area contributed by atoms with Gasteiger partial charge < -0.3 is 14.8 Å². The summed E-state index contributed by atoms with van der Waals surface area (Å²) in [6.45, 7) is -0.318. The van der Waals surface area contributed by atoms with Crippen LogP contribution >= 0.6 is 15.9 Å². The van der Waals surface area contributed by atoms with Crippen LogP contribution < -0.4 is 20.2 Å². The van der Waals surface area contributed by atoms with E-state index in [1.807, 2.05) is 0 Å². The summed E-state index contributed by atoms with van der Waals surface area (Å²) in [6.07, 6.45) is 1.36. The number of carbonyl (C=O) groups excluding carboxylic acids is 3. The molecule has 10 heteroatoms. The monoisotopic (exact) mass is 527 g/mol. The van der Waals surface area contributed by atoms with Crippen molar-refractivity contribution >= 4 is 39.9 Å². The fourth-order valence-corrected chi connectivity index (χ4v) is 3.10. The van der Waals surface area contributed by atoms with Gasteiger partial charge in [0.1, 0.15) is 5.82 Å². The number of hydrogen-bond acceptors (Lipinski definition) is 6. The summed E-state index contributed by atoms with van der Waals surface area (Å²) in [7, 11) is 1.43. The van der Waals surface area contributed by atoms with E-state index >= 15 is 0 Å². The van der Waals surface area contributed by atoms with Crippen LogP contribution in [0.4, 0.5) is 4.39 Å². The van der Waals surface area contributed by atoms with E-state index in [2.05, 4.69) is 31.8 Å². The smallest absolute Gasteiger partial charge is 0.343 e. The van der Waals surface area contributed by atoms with Gasteiger partial charge in [-0.2, -0.15) is 5.10 Å². The molecule has 0 aliphatic carbocycles. The number of hydrazone groups is 1. The van der Waals surface area contributed by atoms with Gasteiger partial charge in [-0.15, -0.1) is 0 Å². The topological polar surface area (TPSA) is 106 Å². The number of nitrogens with zero attached hydrogens (tertiary/aromatic N) is 1. The number of rotatable bonds is 8. The first-order valence-corrected chi connectivity index (χ1v) is 10.7. The van der Waals surface area contributed by atoms with Crippen molar-refractivity contribution in [3.8, 4) is 11.5 Å². The predicted octanol–water partition coefficient (Wildman–Crippen LogP) is 3.70. The minimum Gasteiger partial charge on any atom is -0.493 e. The van der Waals surface area contributed by atoms with Crippen molar-refractivity contribution in [3.63, 3.8) is 0 Å². The van der Waals surface area contributed by atoms with Gasteiger partial charge in [-0.3, -0.25) is 9.59 Å². The van der Waals surface area contributed by atoms with Crippen LogP contribution in [0.25, 0.3) is 0 Å². The summed E-state index contributed by atoms with van der Waals surface area (Å²) >= 11 is 3.31. The van der Waals surface area contributed by atoms with Crippen LogP contribution in [0.15, 0.2) is 76.3 Å². The number of amides is 2.